The summed E-state index contributed by atoms with van der Waals surface area (Å²) in [5, 5.41) is 23.8. The van der Waals surface area contributed by atoms with Crippen LogP contribution < -0.4 is 10.9 Å². The molecule has 4 rings (SSSR count). The Hall–Kier alpha value is -3.68. The summed E-state index contributed by atoms with van der Waals surface area (Å²) in [5.41, 5.74) is -0.0242. The second-order valence-electron chi connectivity index (χ2n) is 6.58. The summed E-state index contributed by atoms with van der Waals surface area (Å²) in [7, 11) is 0. The van der Waals surface area contributed by atoms with E-state index < -0.39 is 22.9 Å². The number of benzene rings is 3. The van der Waals surface area contributed by atoms with Gasteiger partial charge in [-0.05, 0) is 72.8 Å². The largest absolute Gasteiger partial charge is 0.508 e. The molecule has 0 aliphatic rings. The summed E-state index contributed by atoms with van der Waals surface area (Å²) in [5.74, 6) is -1.32. The standard InChI is InChI=1S/C22H15Cl2N3O4/c23-13-1-7-16(8-2-13)26-21(30)19(20(29)25-15-5-11-18(28)12-6-15)22(31)27(26)17-9-3-14(24)4-10-17/h1-12,28,30H,(H,25,29). The number of anilines is 1. The van der Waals surface area contributed by atoms with E-state index in [9.17, 15) is 19.8 Å². The number of phenolic OH excluding ortho intramolecular Hbond substituents is 1. The van der Waals surface area contributed by atoms with Gasteiger partial charge in [0.05, 0.1) is 11.4 Å². The van der Waals surface area contributed by atoms with Gasteiger partial charge in [-0.2, -0.15) is 0 Å². The van der Waals surface area contributed by atoms with E-state index in [4.69, 9.17) is 23.2 Å². The van der Waals surface area contributed by atoms with Crippen molar-refractivity contribution < 1.29 is 15.0 Å². The van der Waals surface area contributed by atoms with E-state index in [0.29, 0.717) is 27.1 Å². The van der Waals surface area contributed by atoms with Crippen molar-refractivity contribution in [3.63, 3.8) is 0 Å². The number of amides is 1. The number of rotatable bonds is 4. The number of aromatic hydroxyl groups is 2. The van der Waals surface area contributed by atoms with Crippen molar-refractivity contribution in [2.24, 2.45) is 0 Å². The van der Waals surface area contributed by atoms with Crippen molar-refractivity contribution >= 4 is 34.8 Å². The fourth-order valence-corrected chi connectivity index (χ4v) is 3.32. The molecule has 0 saturated heterocycles. The van der Waals surface area contributed by atoms with E-state index in [0.717, 1.165) is 0 Å². The molecule has 4 aromatic rings. The predicted molar refractivity (Wildman–Crippen MR) is 119 cm³/mol. The molecule has 156 valence electrons. The van der Waals surface area contributed by atoms with E-state index in [-0.39, 0.29) is 5.75 Å². The number of nitrogens with one attached hydrogen (secondary N) is 1. The second-order valence-corrected chi connectivity index (χ2v) is 7.45. The molecule has 1 aromatic heterocycles. The quantitative estimate of drug-likeness (QED) is 0.391. The smallest absolute Gasteiger partial charge is 0.288 e. The summed E-state index contributed by atoms with van der Waals surface area (Å²) in [6.07, 6.45) is 0. The number of phenols is 1. The first-order valence-electron chi connectivity index (χ1n) is 9.04. The predicted octanol–water partition coefficient (Wildman–Crippen LogP) is 4.60. The molecule has 7 nitrogen and oxygen atoms in total. The molecule has 0 aliphatic heterocycles. The Balaban J connectivity index is 1.88. The summed E-state index contributed by atoms with van der Waals surface area (Å²) in [6.45, 7) is 0. The highest BCUT2D eigenvalue weighted by atomic mass is 35.5. The first-order chi connectivity index (χ1) is 14.8. The summed E-state index contributed by atoms with van der Waals surface area (Å²) in [6, 6.07) is 18.5. The Labute approximate surface area is 186 Å². The van der Waals surface area contributed by atoms with Gasteiger partial charge >= 0.3 is 0 Å². The van der Waals surface area contributed by atoms with Crippen LogP contribution in [0.5, 0.6) is 11.6 Å². The molecule has 0 atom stereocenters. The monoisotopic (exact) mass is 455 g/mol. The molecular weight excluding hydrogens is 441 g/mol. The first kappa shape index (κ1) is 20.6. The fraction of sp³-hybridized carbons (Fsp3) is 0. The van der Waals surface area contributed by atoms with Gasteiger partial charge in [0.25, 0.3) is 11.5 Å². The Kier molecular flexibility index (Phi) is 5.46. The van der Waals surface area contributed by atoms with Gasteiger partial charge in [0.2, 0.25) is 5.88 Å². The third-order valence-electron chi connectivity index (χ3n) is 4.53. The van der Waals surface area contributed by atoms with Crippen LogP contribution in [0.2, 0.25) is 10.0 Å². The van der Waals surface area contributed by atoms with Gasteiger partial charge in [-0.15, -0.1) is 0 Å². The molecule has 0 radical (unpaired) electrons. The molecule has 0 unspecified atom stereocenters. The van der Waals surface area contributed by atoms with Crippen LogP contribution in [-0.4, -0.2) is 25.5 Å². The van der Waals surface area contributed by atoms with Crippen molar-refractivity contribution in [2.75, 3.05) is 5.32 Å². The Bertz CT molecular complexity index is 1310. The molecule has 0 aliphatic carbocycles. The van der Waals surface area contributed by atoms with Crippen molar-refractivity contribution in [1.82, 2.24) is 9.36 Å². The maximum absolute atomic E-state index is 13.2. The zero-order valence-electron chi connectivity index (χ0n) is 15.8. The van der Waals surface area contributed by atoms with Crippen LogP contribution in [0, 0.1) is 0 Å². The second kappa shape index (κ2) is 8.22. The highest BCUT2D eigenvalue weighted by molar-refractivity contribution is 6.30. The molecule has 3 N–H and O–H groups in total. The van der Waals surface area contributed by atoms with Crippen molar-refractivity contribution in [2.45, 2.75) is 0 Å². The Morgan fingerprint density at radius 2 is 1.23 bits per heavy atom. The van der Waals surface area contributed by atoms with Gasteiger partial charge in [-0.3, -0.25) is 9.59 Å². The summed E-state index contributed by atoms with van der Waals surface area (Å²) < 4.78 is 2.38. The maximum Gasteiger partial charge on any atom is 0.288 e. The van der Waals surface area contributed by atoms with Crippen LogP contribution in [0.3, 0.4) is 0 Å². The van der Waals surface area contributed by atoms with Crippen molar-refractivity contribution in [1.29, 1.82) is 0 Å². The number of hydrogen-bond acceptors (Lipinski definition) is 4. The molecule has 0 fully saturated rings. The molecule has 31 heavy (non-hydrogen) atoms. The molecule has 1 heterocycles. The lowest BCUT2D eigenvalue weighted by Gasteiger charge is -2.12. The average molecular weight is 456 g/mol. The fourth-order valence-electron chi connectivity index (χ4n) is 3.07. The van der Waals surface area contributed by atoms with E-state index in [1.807, 2.05) is 0 Å². The van der Waals surface area contributed by atoms with Crippen LogP contribution in [0.25, 0.3) is 11.4 Å². The lowest BCUT2D eigenvalue weighted by atomic mass is 10.2. The van der Waals surface area contributed by atoms with E-state index in [1.165, 1.54) is 33.6 Å². The molecular formula is C22H15Cl2N3O4. The van der Waals surface area contributed by atoms with Crippen LogP contribution in [0.1, 0.15) is 10.4 Å². The Morgan fingerprint density at radius 3 is 1.74 bits per heavy atom. The van der Waals surface area contributed by atoms with E-state index >= 15 is 0 Å². The van der Waals surface area contributed by atoms with Crippen molar-refractivity contribution in [3.8, 4) is 23.0 Å². The minimum atomic E-state index is -0.802. The molecule has 1 amide bonds. The summed E-state index contributed by atoms with van der Waals surface area (Å²) >= 11 is 11.9. The molecule has 0 saturated carbocycles. The Morgan fingerprint density at radius 1 is 0.742 bits per heavy atom. The highest BCUT2D eigenvalue weighted by Crippen LogP contribution is 2.26. The van der Waals surface area contributed by atoms with Gasteiger partial charge in [-0.25, -0.2) is 9.36 Å². The zero-order valence-corrected chi connectivity index (χ0v) is 17.3. The normalized spacial score (nSPS) is 10.8. The minimum absolute atomic E-state index is 0.0276. The van der Waals surface area contributed by atoms with Crippen LogP contribution in [-0.2, 0) is 0 Å². The molecule has 0 spiro atoms. The highest BCUT2D eigenvalue weighted by Gasteiger charge is 2.27. The number of carbonyl (C=O) groups is 1. The van der Waals surface area contributed by atoms with Gasteiger partial charge < -0.3 is 15.5 Å². The molecule has 3 aromatic carbocycles. The summed E-state index contributed by atoms with van der Waals surface area (Å²) in [4.78, 5) is 26.1. The lowest BCUT2D eigenvalue weighted by molar-refractivity contribution is 0.102. The topological polar surface area (TPSA) is 96.5 Å². The maximum atomic E-state index is 13.2. The minimum Gasteiger partial charge on any atom is -0.508 e. The lowest BCUT2D eigenvalue weighted by Crippen LogP contribution is -2.25. The third kappa shape index (κ3) is 4.01. The van der Waals surface area contributed by atoms with E-state index in [1.54, 1.807) is 48.5 Å². The first-order valence-corrected chi connectivity index (χ1v) is 9.80. The third-order valence-corrected chi connectivity index (χ3v) is 5.03. The van der Waals surface area contributed by atoms with Gasteiger partial charge in [-0.1, -0.05) is 23.2 Å². The number of aromatic nitrogens is 2. The van der Waals surface area contributed by atoms with Crippen molar-refractivity contribution in [3.05, 3.63) is 98.8 Å². The average Bonchev–Trinajstić information content (AvgIpc) is 3.01. The number of carbonyl (C=O) groups excluding carboxylic acids is 1. The molecule has 0 bridgehead atoms. The van der Waals surface area contributed by atoms with Crippen LogP contribution >= 0.6 is 23.2 Å². The number of nitrogens with zero attached hydrogens (tertiary/aromatic N) is 2. The van der Waals surface area contributed by atoms with Gasteiger partial charge in [0, 0.05) is 15.7 Å². The number of hydrogen-bond donors (Lipinski definition) is 3. The van der Waals surface area contributed by atoms with Crippen LogP contribution in [0.15, 0.2) is 77.6 Å². The van der Waals surface area contributed by atoms with Gasteiger partial charge in [0.15, 0.2) is 5.56 Å². The molecule has 9 heteroatoms. The van der Waals surface area contributed by atoms with Crippen LogP contribution in [0.4, 0.5) is 5.69 Å². The van der Waals surface area contributed by atoms with E-state index in [2.05, 4.69) is 5.32 Å². The van der Waals surface area contributed by atoms with Gasteiger partial charge in [0.1, 0.15) is 5.75 Å². The zero-order chi connectivity index (χ0) is 22.1. The number of halogens is 2. The SMILES string of the molecule is O=C(Nc1ccc(O)cc1)c1c(O)n(-c2ccc(Cl)cc2)n(-c2ccc(Cl)cc2)c1=O.